The zero-order valence-corrected chi connectivity index (χ0v) is 12.0. The Labute approximate surface area is 115 Å². The molecular formula is C13H17BrN2O2. The fourth-order valence-corrected chi connectivity index (χ4v) is 3.17. The fourth-order valence-electron chi connectivity index (χ4n) is 2.52. The molecule has 1 fully saturated rings. The highest BCUT2D eigenvalue weighted by atomic mass is 79.9. The zero-order chi connectivity index (χ0) is 12.5. The van der Waals surface area contributed by atoms with Gasteiger partial charge < -0.3 is 14.8 Å². The molecule has 98 valence electrons. The smallest absolute Gasteiger partial charge is 0.231 e. The quantitative estimate of drug-likeness (QED) is 0.907. The lowest BCUT2D eigenvalue weighted by Crippen LogP contribution is -2.44. The Morgan fingerprint density at radius 3 is 2.61 bits per heavy atom. The minimum atomic E-state index is 0.327. The highest BCUT2D eigenvalue weighted by Crippen LogP contribution is 2.40. The summed E-state index contributed by atoms with van der Waals surface area (Å²) in [5, 5.41) is 3.38. The first-order valence-corrected chi connectivity index (χ1v) is 7.09. The van der Waals surface area contributed by atoms with Crippen molar-refractivity contribution in [3.05, 3.63) is 22.2 Å². The number of benzene rings is 1. The van der Waals surface area contributed by atoms with Gasteiger partial charge in [0.05, 0.1) is 0 Å². The zero-order valence-electron chi connectivity index (χ0n) is 10.4. The van der Waals surface area contributed by atoms with E-state index in [-0.39, 0.29) is 0 Å². The minimum absolute atomic E-state index is 0.327. The fraction of sp³-hybridized carbons (Fsp3) is 0.538. The van der Waals surface area contributed by atoms with Crippen LogP contribution in [-0.2, 0) is 0 Å². The van der Waals surface area contributed by atoms with Crippen LogP contribution in [-0.4, -0.2) is 37.9 Å². The number of fused-ring (bicyclic) bond motifs is 1. The molecule has 1 saturated heterocycles. The van der Waals surface area contributed by atoms with Gasteiger partial charge in [-0.1, -0.05) is 15.9 Å². The Morgan fingerprint density at radius 2 is 1.89 bits per heavy atom. The predicted molar refractivity (Wildman–Crippen MR) is 73.1 cm³/mol. The molecule has 0 aromatic heterocycles. The number of hydrogen-bond donors (Lipinski definition) is 1. The van der Waals surface area contributed by atoms with Gasteiger partial charge in [0, 0.05) is 36.7 Å². The normalized spacial score (nSPS) is 21.0. The van der Waals surface area contributed by atoms with Crippen LogP contribution in [0.3, 0.4) is 0 Å². The summed E-state index contributed by atoms with van der Waals surface area (Å²) in [5.41, 5.74) is 1.26. The van der Waals surface area contributed by atoms with Gasteiger partial charge in [-0.3, -0.25) is 4.90 Å². The van der Waals surface area contributed by atoms with Crippen LogP contribution in [0.1, 0.15) is 18.5 Å². The SMILES string of the molecule is C[C@@H](c1cc2c(cc1Br)OCO2)N1CCNCC1. The molecule has 2 heterocycles. The summed E-state index contributed by atoms with van der Waals surface area (Å²) in [6.07, 6.45) is 0. The summed E-state index contributed by atoms with van der Waals surface area (Å²) in [7, 11) is 0. The first-order chi connectivity index (χ1) is 8.75. The highest BCUT2D eigenvalue weighted by Gasteiger charge is 2.23. The molecule has 1 N–H and O–H groups in total. The maximum Gasteiger partial charge on any atom is 0.231 e. The Balaban J connectivity index is 1.86. The molecule has 0 unspecified atom stereocenters. The van der Waals surface area contributed by atoms with E-state index >= 15 is 0 Å². The van der Waals surface area contributed by atoms with Gasteiger partial charge >= 0.3 is 0 Å². The van der Waals surface area contributed by atoms with Crippen LogP contribution in [0.2, 0.25) is 0 Å². The minimum Gasteiger partial charge on any atom is -0.454 e. The molecule has 1 aromatic rings. The first kappa shape index (κ1) is 12.3. The summed E-state index contributed by atoms with van der Waals surface area (Å²) < 4.78 is 11.9. The van der Waals surface area contributed by atoms with Crippen molar-refractivity contribution >= 4 is 15.9 Å². The van der Waals surface area contributed by atoms with Crippen molar-refractivity contribution in [1.82, 2.24) is 10.2 Å². The number of halogens is 1. The molecule has 0 amide bonds. The van der Waals surface area contributed by atoms with E-state index in [2.05, 4.69) is 39.1 Å². The van der Waals surface area contributed by atoms with Gasteiger partial charge in [0.25, 0.3) is 0 Å². The Kier molecular flexibility index (Phi) is 3.46. The standard InChI is InChI=1S/C13H17BrN2O2/c1-9(16-4-2-15-3-5-16)10-6-12-13(7-11(10)14)18-8-17-12/h6-7,9,15H,2-5,8H2,1H3/t9-/m0/s1. The first-order valence-electron chi connectivity index (χ1n) is 6.29. The van der Waals surface area contributed by atoms with Crippen molar-refractivity contribution in [2.45, 2.75) is 13.0 Å². The molecule has 3 rings (SSSR count). The van der Waals surface area contributed by atoms with Crippen LogP contribution in [0.4, 0.5) is 0 Å². The number of hydrogen-bond acceptors (Lipinski definition) is 4. The second-order valence-corrected chi connectivity index (χ2v) is 5.54. The van der Waals surface area contributed by atoms with E-state index in [1.165, 1.54) is 5.56 Å². The molecule has 0 saturated carbocycles. The van der Waals surface area contributed by atoms with Gasteiger partial charge in [-0.2, -0.15) is 0 Å². The highest BCUT2D eigenvalue weighted by molar-refractivity contribution is 9.10. The van der Waals surface area contributed by atoms with Gasteiger partial charge in [-0.25, -0.2) is 0 Å². The molecule has 2 aliphatic heterocycles. The van der Waals surface area contributed by atoms with Crippen LogP contribution >= 0.6 is 15.9 Å². The van der Waals surface area contributed by atoms with E-state index in [1.54, 1.807) is 0 Å². The summed E-state index contributed by atoms with van der Waals surface area (Å²) in [4.78, 5) is 2.48. The molecule has 1 aromatic carbocycles. The van der Waals surface area contributed by atoms with Crippen molar-refractivity contribution in [3.63, 3.8) is 0 Å². The molecule has 0 aliphatic carbocycles. The second kappa shape index (κ2) is 5.07. The molecular weight excluding hydrogens is 296 g/mol. The average molecular weight is 313 g/mol. The summed E-state index contributed by atoms with van der Waals surface area (Å²) in [6, 6.07) is 4.49. The van der Waals surface area contributed by atoms with Gasteiger partial charge in [-0.05, 0) is 24.6 Å². The summed E-state index contributed by atoms with van der Waals surface area (Å²) >= 11 is 3.64. The van der Waals surface area contributed by atoms with E-state index in [9.17, 15) is 0 Å². The lowest BCUT2D eigenvalue weighted by molar-refractivity contribution is 0.173. The largest absolute Gasteiger partial charge is 0.454 e. The number of rotatable bonds is 2. The molecule has 5 heteroatoms. The average Bonchev–Trinajstić information content (AvgIpc) is 2.85. The number of nitrogens with zero attached hydrogens (tertiary/aromatic N) is 1. The van der Waals surface area contributed by atoms with Gasteiger partial charge in [0.15, 0.2) is 11.5 Å². The van der Waals surface area contributed by atoms with Crippen LogP contribution in [0.15, 0.2) is 16.6 Å². The Hall–Kier alpha value is -0.780. The maximum atomic E-state index is 5.46. The third-order valence-corrected chi connectivity index (χ3v) is 4.33. The van der Waals surface area contributed by atoms with Gasteiger partial charge in [0.2, 0.25) is 6.79 Å². The lowest BCUT2D eigenvalue weighted by Gasteiger charge is -2.33. The van der Waals surface area contributed by atoms with E-state index in [0.717, 1.165) is 42.2 Å². The van der Waals surface area contributed by atoms with Gasteiger partial charge in [0.1, 0.15) is 0 Å². The van der Waals surface area contributed by atoms with Gasteiger partial charge in [-0.15, -0.1) is 0 Å². The van der Waals surface area contributed by atoms with Crippen molar-refractivity contribution < 1.29 is 9.47 Å². The molecule has 0 radical (unpaired) electrons. The van der Waals surface area contributed by atoms with Crippen LogP contribution < -0.4 is 14.8 Å². The molecule has 0 spiro atoms. The van der Waals surface area contributed by atoms with E-state index in [1.807, 2.05) is 6.07 Å². The van der Waals surface area contributed by atoms with E-state index in [4.69, 9.17) is 9.47 Å². The van der Waals surface area contributed by atoms with Crippen LogP contribution in [0.25, 0.3) is 0 Å². The van der Waals surface area contributed by atoms with Crippen molar-refractivity contribution in [1.29, 1.82) is 0 Å². The number of piperazine rings is 1. The van der Waals surface area contributed by atoms with Crippen molar-refractivity contribution in [2.75, 3.05) is 33.0 Å². The van der Waals surface area contributed by atoms with Crippen LogP contribution in [0.5, 0.6) is 11.5 Å². The molecule has 18 heavy (non-hydrogen) atoms. The van der Waals surface area contributed by atoms with E-state index < -0.39 is 0 Å². The Morgan fingerprint density at radius 1 is 1.22 bits per heavy atom. The molecule has 0 bridgehead atoms. The molecule has 4 nitrogen and oxygen atoms in total. The topological polar surface area (TPSA) is 33.7 Å². The number of nitrogens with one attached hydrogen (secondary N) is 1. The Bertz CT molecular complexity index is 447. The maximum absolute atomic E-state index is 5.46. The lowest BCUT2D eigenvalue weighted by atomic mass is 10.1. The summed E-state index contributed by atoms with van der Waals surface area (Å²) in [5.74, 6) is 1.69. The predicted octanol–water partition coefficient (Wildman–Crippen LogP) is 2.14. The second-order valence-electron chi connectivity index (χ2n) is 4.69. The monoisotopic (exact) mass is 312 g/mol. The van der Waals surface area contributed by atoms with Crippen molar-refractivity contribution in [3.8, 4) is 11.5 Å². The third kappa shape index (κ3) is 2.22. The van der Waals surface area contributed by atoms with E-state index in [0.29, 0.717) is 12.8 Å². The molecule has 1 atom stereocenters. The third-order valence-electron chi connectivity index (χ3n) is 3.64. The summed E-state index contributed by atoms with van der Waals surface area (Å²) in [6.45, 7) is 6.87. The van der Waals surface area contributed by atoms with Crippen LogP contribution in [0, 0.1) is 0 Å². The van der Waals surface area contributed by atoms with Crippen molar-refractivity contribution in [2.24, 2.45) is 0 Å². The molecule has 2 aliphatic rings. The number of ether oxygens (including phenoxy) is 2.